The third-order valence-corrected chi connectivity index (χ3v) is 3.32. The van der Waals surface area contributed by atoms with Crippen molar-refractivity contribution in [3.63, 3.8) is 0 Å². The van der Waals surface area contributed by atoms with Crippen molar-refractivity contribution in [1.82, 2.24) is 5.16 Å². The fourth-order valence-corrected chi connectivity index (χ4v) is 2.46. The summed E-state index contributed by atoms with van der Waals surface area (Å²) in [6, 6.07) is 0. The van der Waals surface area contributed by atoms with Gasteiger partial charge in [0.2, 0.25) is 0 Å². The molecule has 0 saturated carbocycles. The van der Waals surface area contributed by atoms with Gasteiger partial charge in [-0.1, -0.05) is 11.7 Å². The van der Waals surface area contributed by atoms with Crippen molar-refractivity contribution >= 4 is 5.57 Å². The Hall–Kier alpha value is -1.13. The number of hydrogen-bond acceptors (Lipinski definition) is 4. The van der Waals surface area contributed by atoms with Gasteiger partial charge in [-0.25, -0.2) is 0 Å². The zero-order valence-corrected chi connectivity index (χ0v) is 11.4. The first-order valence-electron chi connectivity index (χ1n) is 6.52. The zero-order chi connectivity index (χ0) is 13.1. The fraction of sp³-hybridized carbons (Fsp3) is 0.643. The van der Waals surface area contributed by atoms with Crippen molar-refractivity contribution < 1.29 is 14.0 Å². The van der Waals surface area contributed by atoms with Crippen LogP contribution in [0.25, 0.3) is 5.57 Å². The Morgan fingerprint density at radius 2 is 2.22 bits per heavy atom. The molecule has 0 spiro atoms. The summed E-state index contributed by atoms with van der Waals surface area (Å²) in [6.07, 6.45) is 2.93. The van der Waals surface area contributed by atoms with Crippen molar-refractivity contribution in [3.8, 4) is 0 Å². The minimum absolute atomic E-state index is 0.00657. The summed E-state index contributed by atoms with van der Waals surface area (Å²) in [7, 11) is 0. The Morgan fingerprint density at radius 1 is 1.44 bits per heavy atom. The molecule has 100 valence electrons. The van der Waals surface area contributed by atoms with Gasteiger partial charge in [0.15, 0.2) is 6.29 Å². The van der Waals surface area contributed by atoms with Crippen LogP contribution < -0.4 is 0 Å². The van der Waals surface area contributed by atoms with Gasteiger partial charge in [0.25, 0.3) is 0 Å². The molecule has 1 aromatic heterocycles. The molecule has 2 rings (SSSR count). The van der Waals surface area contributed by atoms with Gasteiger partial charge in [-0.2, -0.15) is 0 Å². The first kappa shape index (κ1) is 13.3. The monoisotopic (exact) mass is 251 g/mol. The van der Waals surface area contributed by atoms with E-state index in [1.165, 1.54) is 0 Å². The Balaban J connectivity index is 2.09. The summed E-state index contributed by atoms with van der Waals surface area (Å²) in [5.74, 6) is 0.805. The van der Waals surface area contributed by atoms with E-state index in [1.54, 1.807) is 0 Å². The van der Waals surface area contributed by atoms with Crippen LogP contribution in [0, 0.1) is 13.8 Å². The molecule has 0 radical (unpaired) electrons. The molecule has 4 nitrogen and oxygen atoms in total. The minimum atomic E-state index is -0.106. The molecule has 18 heavy (non-hydrogen) atoms. The highest BCUT2D eigenvalue weighted by Gasteiger charge is 2.27. The molecule has 0 amide bonds. The van der Waals surface area contributed by atoms with Gasteiger partial charge in [0, 0.05) is 12.2 Å². The van der Waals surface area contributed by atoms with Crippen LogP contribution in [0.3, 0.4) is 0 Å². The van der Waals surface area contributed by atoms with E-state index in [-0.39, 0.29) is 12.4 Å². The van der Waals surface area contributed by atoms with Gasteiger partial charge >= 0.3 is 0 Å². The lowest BCUT2D eigenvalue weighted by Gasteiger charge is -2.30. The summed E-state index contributed by atoms with van der Waals surface area (Å²) in [5, 5.41) is 3.96. The highest BCUT2D eigenvalue weighted by atomic mass is 16.7. The second-order valence-corrected chi connectivity index (χ2v) is 4.66. The van der Waals surface area contributed by atoms with E-state index in [0.29, 0.717) is 6.61 Å². The maximum atomic E-state index is 5.93. The number of ether oxygens (including phenoxy) is 2. The van der Waals surface area contributed by atoms with Crippen molar-refractivity contribution in [2.45, 2.75) is 52.4 Å². The van der Waals surface area contributed by atoms with Gasteiger partial charge in [0.05, 0.1) is 11.8 Å². The highest BCUT2D eigenvalue weighted by molar-refractivity contribution is 5.69. The predicted molar refractivity (Wildman–Crippen MR) is 69.1 cm³/mol. The summed E-state index contributed by atoms with van der Waals surface area (Å²) in [6.45, 7) is 10.7. The van der Waals surface area contributed by atoms with Gasteiger partial charge < -0.3 is 14.0 Å². The average Bonchev–Trinajstić information content (AvgIpc) is 2.69. The number of aromatic nitrogens is 1. The maximum absolute atomic E-state index is 5.93. The zero-order valence-electron chi connectivity index (χ0n) is 11.4. The predicted octanol–water partition coefficient (Wildman–Crippen LogP) is 3.24. The molecule has 4 heteroatoms. The number of rotatable bonds is 4. The van der Waals surface area contributed by atoms with Crippen molar-refractivity contribution in [3.05, 3.63) is 23.6 Å². The van der Waals surface area contributed by atoms with Gasteiger partial charge in [0.1, 0.15) is 5.76 Å². The van der Waals surface area contributed by atoms with Crippen LogP contribution in [0.1, 0.15) is 43.2 Å². The summed E-state index contributed by atoms with van der Waals surface area (Å²) < 4.78 is 16.7. The fourth-order valence-electron chi connectivity index (χ4n) is 2.46. The van der Waals surface area contributed by atoms with Crippen molar-refractivity contribution in [1.29, 1.82) is 0 Å². The van der Waals surface area contributed by atoms with Crippen molar-refractivity contribution in [2.75, 3.05) is 6.61 Å². The SMILES string of the molecule is C=C(c1c(C)noc1C)C1CCCC(OCC)O1. The quantitative estimate of drug-likeness (QED) is 0.824. The van der Waals surface area contributed by atoms with Crippen LogP contribution in [-0.4, -0.2) is 24.2 Å². The summed E-state index contributed by atoms with van der Waals surface area (Å²) in [4.78, 5) is 0. The van der Waals surface area contributed by atoms with Crippen LogP contribution in [0.4, 0.5) is 0 Å². The van der Waals surface area contributed by atoms with E-state index in [4.69, 9.17) is 14.0 Å². The Morgan fingerprint density at radius 3 is 2.83 bits per heavy atom. The van der Waals surface area contributed by atoms with Gasteiger partial charge in [-0.3, -0.25) is 0 Å². The topological polar surface area (TPSA) is 44.5 Å². The standard InChI is InChI=1S/C14H21NO3/c1-5-16-13-8-6-7-12(17-13)9(2)14-10(3)15-18-11(14)4/h12-13H,2,5-8H2,1,3-4H3. The van der Waals surface area contributed by atoms with Crippen molar-refractivity contribution in [2.24, 2.45) is 0 Å². The van der Waals surface area contributed by atoms with E-state index < -0.39 is 0 Å². The van der Waals surface area contributed by atoms with Crippen LogP contribution in [0.15, 0.2) is 11.1 Å². The minimum Gasteiger partial charge on any atom is -0.361 e. The molecule has 1 aliphatic heterocycles. The first-order chi connectivity index (χ1) is 8.63. The van der Waals surface area contributed by atoms with Gasteiger partial charge in [-0.05, 0) is 45.6 Å². The molecule has 2 atom stereocenters. The lowest BCUT2D eigenvalue weighted by atomic mass is 9.95. The molecule has 1 aromatic rings. The molecular weight excluding hydrogens is 230 g/mol. The van der Waals surface area contributed by atoms with Crippen LogP contribution in [-0.2, 0) is 9.47 Å². The second-order valence-electron chi connectivity index (χ2n) is 4.66. The first-order valence-corrected chi connectivity index (χ1v) is 6.52. The molecular formula is C14H21NO3. The summed E-state index contributed by atoms with van der Waals surface area (Å²) in [5.41, 5.74) is 2.83. The normalized spacial score (nSPS) is 24.2. The summed E-state index contributed by atoms with van der Waals surface area (Å²) >= 11 is 0. The largest absolute Gasteiger partial charge is 0.361 e. The number of aryl methyl sites for hydroxylation is 2. The van der Waals surface area contributed by atoms with E-state index in [2.05, 4.69) is 11.7 Å². The molecule has 0 aromatic carbocycles. The Bertz CT molecular complexity index is 403. The molecule has 0 aliphatic carbocycles. The molecule has 1 saturated heterocycles. The lowest BCUT2D eigenvalue weighted by Crippen LogP contribution is -2.30. The third-order valence-electron chi connectivity index (χ3n) is 3.32. The molecule has 2 unspecified atom stereocenters. The molecule has 2 heterocycles. The van der Waals surface area contributed by atoms with E-state index in [1.807, 2.05) is 20.8 Å². The number of nitrogens with zero attached hydrogens (tertiary/aromatic N) is 1. The Kier molecular flexibility index (Phi) is 4.19. The lowest BCUT2D eigenvalue weighted by molar-refractivity contribution is -0.176. The molecule has 0 bridgehead atoms. The van der Waals surface area contributed by atoms with E-state index in [0.717, 1.165) is 41.9 Å². The second kappa shape index (κ2) is 5.67. The number of hydrogen-bond donors (Lipinski definition) is 0. The van der Waals surface area contributed by atoms with Crippen LogP contribution >= 0.6 is 0 Å². The Labute approximate surface area is 108 Å². The van der Waals surface area contributed by atoms with Crippen LogP contribution in [0.5, 0.6) is 0 Å². The molecule has 1 fully saturated rings. The average molecular weight is 251 g/mol. The van der Waals surface area contributed by atoms with E-state index in [9.17, 15) is 0 Å². The smallest absolute Gasteiger partial charge is 0.158 e. The molecule has 0 N–H and O–H groups in total. The molecule has 1 aliphatic rings. The van der Waals surface area contributed by atoms with Gasteiger partial charge in [-0.15, -0.1) is 0 Å². The highest BCUT2D eigenvalue weighted by Crippen LogP contribution is 2.32. The van der Waals surface area contributed by atoms with E-state index >= 15 is 0 Å². The third kappa shape index (κ3) is 2.65. The maximum Gasteiger partial charge on any atom is 0.158 e. The van der Waals surface area contributed by atoms with Crippen LogP contribution in [0.2, 0.25) is 0 Å².